The molecule has 138 valence electrons. The lowest BCUT2D eigenvalue weighted by atomic mass is 9.95. The molecule has 2 heterocycles. The smallest absolute Gasteiger partial charge is 0.322 e. The van der Waals surface area contributed by atoms with Gasteiger partial charge in [0.1, 0.15) is 5.75 Å². The zero-order valence-electron chi connectivity index (χ0n) is 15.3. The minimum atomic E-state index is -0.480. The topological polar surface area (TPSA) is 61.9 Å². The van der Waals surface area contributed by atoms with Crippen LogP contribution in [0.15, 0.2) is 65.9 Å². The van der Waals surface area contributed by atoms with Crippen molar-refractivity contribution in [1.29, 1.82) is 0 Å². The van der Waals surface area contributed by atoms with Crippen LogP contribution in [0.2, 0.25) is 0 Å². The van der Waals surface area contributed by atoms with E-state index in [1.54, 1.807) is 19.1 Å². The first-order chi connectivity index (χ1) is 13.1. The van der Waals surface area contributed by atoms with E-state index < -0.39 is 6.04 Å². The van der Waals surface area contributed by atoms with Crippen molar-refractivity contribution in [3.63, 3.8) is 0 Å². The third-order valence-corrected chi connectivity index (χ3v) is 5.08. The highest BCUT2D eigenvalue weighted by molar-refractivity contribution is 6.01. The molecule has 27 heavy (non-hydrogen) atoms. The Labute approximate surface area is 158 Å². The predicted octanol–water partition coefficient (Wildman–Crippen LogP) is 2.69. The van der Waals surface area contributed by atoms with Crippen molar-refractivity contribution in [2.45, 2.75) is 12.6 Å². The molecule has 0 fully saturated rings. The normalized spacial score (nSPS) is 19.3. The van der Waals surface area contributed by atoms with E-state index >= 15 is 0 Å². The Morgan fingerprint density at radius 2 is 1.89 bits per heavy atom. The fraction of sp³-hybridized carbons (Fsp3) is 0.238. The lowest BCUT2D eigenvalue weighted by molar-refractivity contribution is -0.126. The molecule has 0 unspecified atom stereocenters. The number of urea groups is 1. The highest BCUT2D eigenvalue weighted by atomic mass is 16.5. The first-order valence-corrected chi connectivity index (χ1v) is 8.83. The van der Waals surface area contributed by atoms with E-state index in [-0.39, 0.29) is 11.9 Å². The number of rotatable bonds is 4. The van der Waals surface area contributed by atoms with Crippen LogP contribution in [-0.4, -0.2) is 42.4 Å². The van der Waals surface area contributed by atoms with Gasteiger partial charge in [0.25, 0.3) is 5.91 Å². The van der Waals surface area contributed by atoms with E-state index in [0.717, 1.165) is 16.8 Å². The maximum Gasteiger partial charge on any atom is 0.322 e. The zero-order valence-corrected chi connectivity index (χ0v) is 15.3. The van der Waals surface area contributed by atoms with E-state index in [0.29, 0.717) is 24.4 Å². The lowest BCUT2D eigenvalue weighted by Gasteiger charge is -2.31. The molecule has 1 atom stereocenters. The van der Waals surface area contributed by atoms with Crippen molar-refractivity contribution >= 4 is 11.9 Å². The average Bonchev–Trinajstić information content (AvgIpc) is 3.02. The predicted molar refractivity (Wildman–Crippen MR) is 101 cm³/mol. The number of hydrogen-bond donors (Lipinski definition) is 1. The van der Waals surface area contributed by atoms with E-state index in [1.165, 1.54) is 4.90 Å². The molecule has 0 aliphatic carbocycles. The van der Waals surface area contributed by atoms with Crippen molar-refractivity contribution in [3.05, 3.63) is 77.0 Å². The summed E-state index contributed by atoms with van der Waals surface area (Å²) in [6.07, 6.45) is 0. The summed E-state index contributed by atoms with van der Waals surface area (Å²) in [5.74, 6) is 0.642. The fourth-order valence-electron chi connectivity index (χ4n) is 3.63. The number of benzene rings is 2. The van der Waals surface area contributed by atoms with E-state index in [2.05, 4.69) is 5.32 Å². The molecule has 3 amide bonds. The van der Waals surface area contributed by atoms with Gasteiger partial charge in [0.2, 0.25) is 0 Å². The molecule has 0 aromatic heterocycles. The Kier molecular flexibility index (Phi) is 4.32. The summed E-state index contributed by atoms with van der Waals surface area (Å²) in [6, 6.07) is 16.6. The van der Waals surface area contributed by atoms with Gasteiger partial charge in [-0.3, -0.25) is 9.69 Å². The number of methoxy groups -OCH3 is 1. The summed E-state index contributed by atoms with van der Waals surface area (Å²) in [5, 5.41) is 2.95. The van der Waals surface area contributed by atoms with Gasteiger partial charge >= 0.3 is 6.03 Å². The molecule has 2 aromatic rings. The first-order valence-electron chi connectivity index (χ1n) is 8.83. The maximum absolute atomic E-state index is 13.2. The molecule has 2 aliphatic rings. The van der Waals surface area contributed by atoms with Gasteiger partial charge in [0.15, 0.2) is 0 Å². The Balaban J connectivity index is 1.68. The molecule has 0 saturated heterocycles. The highest BCUT2D eigenvalue weighted by Gasteiger charge is 2.42. The van der Waals surface area contributed by atoms with Crippen molar-refractivity contribution in [3.8, 4) is 5.75 Å². The summed E-state index contributed by atoms with van der Waals surface area (Å²) in [6.45, 7) is 0.937. The number of carbonyl (C=O) groups excluding carboxylic acids is 2. The standard InChI is InChI=1S/C21H21N3O3/c1-23-17-13-24(12-14-7-4-3-5-8-14)20(25)18(17)19(22-21(23)26)15-9-6-10-16(11-15)27-2/h3-11,19H,12-13H2,1-2H3,(H,22,26)/t19-/m1/s1. The molecule has 0 bridgehead atoms. The Hall–Kier alpha value is -3.28. The Bertz CT molecular complexity index is 923. The molecule has 0 spiro atoms. The van der Waals surface area contributed by atoms with Crippen LogP contribution < -0.4 is 10.1 Å². The summed E-state index contributed by atoms with van der Waals surface area (Å²) in [7, 11) is 3.30. The third kappa shape index (κ3) is 3.03. The lowest BCUT2D eigenvalue weighted by Crippen LogP contribution is -2.45. The van der Waals surface area contributed by atoms with E-state index in [9.17, 15) is 9.59 Å². The molecule has 2 aliphatic heterocycles. The zero-order chi connectivity index (χ0) is 19.0. The number of hydrogen-bond acceptors (Lipinski definition) is 3. The second kappa shape index (κ2) is 6.79. The second-order valence-electron chi connectivity index (χ2n) is 6.73. The quantitative estimate of drug-likeness (QED) is 0.909. The molecule has 0 radical (unpaired) electrons. The fourth-order valence-corrected chi connectivity index (χ4v) is 3.63. The number of likely N-dealkylation sites (N-methyl/N-ethyl adjacent to an activating group) is 1. The molecule has 2 aromatic carbocycles. The van der Waals surface area contributed by atoms with Crippen LogP contribution >= 0.6 is 0 Å². The van der Waals surface area contributed by atoms with Crippen LogP contribution in [0, 0.1) is 0 Å². The van der Waals surface area contributed by atoms with Crippen LogP contribution in [0.5, 0.6) is 5.75 Å². The molecule has 6 nitrogen and oxygen atoms in total. The number of ether oxygens (including phenoxy) is 1. The van der Waals surface area contributed by atoms with E-state index in [4.69, 9.17) is 4.74 Å². The van der Waals surface area contributed by atoms with E-state index in [1.807, 2.05) is 54.6 Å². The molecule has 6 heteroatoms. The summed E-state index contributed by atoms with van der Waals surface area (Å²) in [4.78, 5) is 29.0. The van der Waals surface area contributed by atoms with Gasteiger partial charge in [-0.25, -0.2) is 4.79 Å². The van der Waals surface area contributed by atoms with Crippen LogP contribution in [0.4, 0.5) is 4.79 Å². The molecule has 4 rings (SSSR count). The van der Waals surface area contributed by atoms with Crippen LogP contribution in [-0.2, 0) is 11.3 Å². The number of carbonyl (C=O) groups is 2. The SMILES string of the molecule is COc1cccc([C@H]2NC(=O)N(C)C3=C2C(=O)N(Cc2ccccc2)C3)c1. The van der Waals surface area contributed by atoms with Crippen molar-refractivity contribution in [1.82, 2.24) is 15.1 Å². The Morgan fingerprint density at radius 1 is 1.11 bits per heavy atom. The summed E-state index contributed by atoms with van der Waals surface area (Å²) >= 11 is 0. The van der Waals surface area contributed by atoms with Gasteiger partial charge in [-0.2, -0.15) is 0 Å². The molecule has 1 N–H and O–H groups in total. The second-order valence-corrected chi connectivity index (χ2v) is 6.73. The van der Waals surface area contributed by atoms with Gasteiger partial charge in [-0.1, -0.05) is 42.5 Å². The summed E-state index contributed by atoms with van der Waals surface area (Å²) in [5.41, 5.74) is 3.28. The largest absolute Gasteiger partial charge is 0.497 e. The van der Waals surface area contributed by atoms with Gasteiger partial charge in [0.05, 0.1) is 31.0 Å². The number of nitrogens with one attached hydrogen (secondary N) is 1. The van der Waals surface area contributed by atoms with Gasteiger partial charge in [-0.05, 0) is 23.3 Å². The first kappa shape index (κ1) is 17.1. The third-order valence-electron chi connectivity index (χ3n) is 5.08. The average molecular weight is 363 g/mol. The van der Waals surface area contributed by atoms with Crippen molar-refractivity contribution in [2.75, 3.05) is 20.7 Å². The molecular weight excluding hydrogens is 342 g/mol. The summed E-state index contributed by atoms with van der Waals surface area (Å²) < 4.78 is 5.30. The Morgan fingerprint density at radius 3 is 2.63 bits per heavy atom. The van der Waals surface area contributed by atoms with Crippen molar-refractivity contribution in [2.24, 2.45) is 0 Å². The van der Waals surface area contributed by atoms with Gasteiger partial charge < -0.3 is 15.0 Å². The van der Waals surface area contributed by atoms with Gasteiger partial charge in [-0.15, -0.1) is 0 Å². The minimum absolute atomic E-state index is 0.0477. The van der Waals surface area contributed by atoms with Gasteiger partial charge in [0, 0.05) is 13.6 Å². The highest BCUT2D eigenvalue weighted by Crippen LogP contribution is 2.36. The minimum Gasteiger partial charge on any atom is -0.497 e. The van der Waals surface area contributed by atoms with Crippen LogP contribution in [0.25, 0.3) is 0 Å². The number of amides is 3. The molecule has 0 saturated carbocycles. The monoisotopic (exact) mass is 363 g/mol. The van der Waals surface area contributed by atoms with Crippen molar-refractivity contribution < 1.29 is 14.3 Å². The van der Waals surface area contributed by atoms with Crippen LogP contribution in [0.1, 0.15) is 17.2 Å². The number of nitrogens with zero attached hydrogens (tertiary/aromatic N) is 2. The maximum atomic E-state index is 13.2. The van der Waals surface area contributed by atoms with Crippen LogP contribution in [0.3, 0.4) is 0 Å². The molecular formula is C21H21N3O3.